The molecular weight excluding hydrogens is 490 g/mol. The van der Waals surface area contributed by atoms with Gasteiger partial charge in [-0.15, -0.1) is 0 Å². The Balaban J connectivity index is 1.82. The van der Waals surface area contributed by atoms with Crippen molar-refractivity contribution < 1.29 is 9.21 Å². The third-order valence-electron chi connectivity index (χ3n) is 6.11. The Hall–Kier alpha value is -2.89. The highest BCUT2D eigenvalue weighted by atomic mass is 79.9. The van der Waals surface area contributed by atoms with Crippen LogP contribution in [0.1, 0.15) is 44.4 Å². The molecule has 0 saturated carbocycles. The maximum atomic E-state index is 13.7. The van der Waals surface area contributed by atoms with Crippen molar-refractivity contribution in [3.05, 3.63) is 108 Å². The Labute approximate surface area is 198 Å². The summed E-state index contributed by atoms with van der Waals surface area (Å²) in [5.74, 6) is -0.277. The van der Waals surface area contributed by atoms with Gasteiger partial charge in [-0.2, -0.15) is 0 Å². The number of anilines is 1. The number of nitrogens with zero attached hydrogens (tertiary/aromatic N) is 1. The molecule has 1 amide bonds. The van der Waals surface area contributed by atoms with Gasteiger partial charge in [-0.1, -0.05) is 45.7 Å². The van der Waals surface area contributed by atoms with Crippen molar-refractivity contribution >= 4 is 50.1 Å². The first-order chi connectivity index (χ1) is 15.3. The molecule has 6 heteroatoms. The van der Waals surface area contributed by atoms with E-state index >= 15 is 0 Å². The number of amides is 1. The topological polar surface area (TPSA) is 50.5 Å². The SMILES string of the molecule is Cc1cc2oc3c(c(=O)c2cc1C)C(c1ccc(Br)cc1)N(c1ccc(C)c(Cl)c1)C3=O. The minimum Gasteiger partial charge on any atom is -0.450 e. The van der Waals surface area contributed by atoms with Crippen LogP contribution in [0.3, 0.4) is 0 Å². The molecule has 3 aromatic carbocycles. The summed E-state index contributed by atoms with van der Waals surface area (Å²) in [5, 5.41) is 1.03. The molecule has 2 heterocycles. The summed E-state index contributed by atoms with van der Waals surface area (Å²) in [5.41, 5.74) is 4.91. The number of carbonyl (C=O) groups excluding carboxylic acids is 1. The highest BCUT2D eigenvalue weighted by Gasteiger charge is 2.43. The van der Waals surface area contributed by atoms with E-state index < -0.39 is 6.04 Å². The zero-order chi connectivity index (χ0) is 22.7. The van der Waals surface area contributed by atoms with Gasteiger partial charge in [0.05, 0.1) is 17.0 Å². The van der Waals surface area contributed by atoms with Crippen LogP contribution in [0.15, 0.2) is 68.3 Å². The fourth-order valence-corrected chi connectivity index (χ4v) is 4.63. The van der Waals surface area contributed by atoms with Gasteiger partial charge < -0.3 is 4.42 Å². The molecule has 1 aliphatic rings. The quantitative estimate of drug-likeness (QED) is 0.296. The maximum Gasteiger partial charge on any atom is 0.295 e. The highest BCUT2D eigenvalue weighted by molar-refractivity contribution is 9.10. The summed E-state index contributed by atoms with van der Waals surface area (Å²) >= 11 is 9.85. The fourth-order valence-electron chi connectivity index (χ4n) is 4.19. The van der Waals surface area contributed by atoms with Crippen LogP contribution in [0.2, 0.25) is 5.02 Å². The molecule has 0 fully saturated rings. The highest BCUT2D eigenvalue weighted by Crippen LogP contribution is 2.42. The summed E-state index contributed by atoms with van der Waals surface area (Å²) in [6, 6.07) is 16.1. The Bertz CT molecular complexity index is 1470. The summed E-state index contributed by atoms with van der Waals surface area (Å²) in [7, 11) is 0. The van der Waals surface area contributed by atoms with Crippen LogP contribution >= 0.6 is 27.5 Å². The maximum absolute atomic E-state index is 13.7. The van der Waals surface area contributed by atoms with Gasteiger partial charge in [0.25, 0.3) is 5.91 Å². The summed E-state index contributed by atoms with van der Waals surface area (Å²) < 4.78 is 6.99. The minimum absolute atomic E-state index is 0.0790. The number of halogens is 2. The number of fused-ring (bicyclic) bond motifs is 2. The number of rotatable bonds is 2. The van der Waals surface area contributed by atoms with E-state index in [0.717, 1.165) is 26.7 Å². The second-order valence-corrected chi connectivity index (χ2v) is 9.49. The zero-order valence-electron chi connectivity index (χ0n) is 17.7. The van der Waals surface area contributed by atoms with Gasteiger partial charge in [-0.05, 0) is 79.4 Å². The summed E-state index contributed by atoms with van der Waals surface area (Å²) in [4.78, 5) is 28.9. The van der Waals surface area contributed by atoms with E-state index in [-0.39, 0.29) is 17.1 Å². The molecule has 0 radical (unpaired) electrons. The zero-order valence-corrected chi connectivity index (χ0v) is 20.0. The van der Waals surface area contributed by atoms with E-state index in [1.807, 2.05) is 69.3 Å². The van der Waals surface area contributed by atoms with Crippen LogP contribution in [-0.4, -0.2) is 5.91 Å². The Morgan fingerprint density at radius 1 is 0.906 bits per heavy atom. The Morgan fingerprint density at radius 2 is 1.59 bits per heavy atom. The van der Waals surface area contributed by atoms with Gasteiger partial charge in [-0.3, -0.25) is 14.5 Å². The molecule has 160 valence electrons. The lowest BCUT2D eigenvalue weighted by atomic mass is 9.97. The molecule has 0 spiro atoms. The molecule has 4 nitrogen and oxygen atoms in total. The predicted octanol–water partition coefficient (Wildman–Crippen LogP) is 6.88. The number of benzene rings is 3. The van der Waals surface area contributed by atoms with Gasteiger partial charge in [0, 0.05) is 15.2 Å². The molecule has 0 bridgehead atoms. The molecule has 0 aliphatic carbocycles. The van der Waals surface area contributed by atoms with Crippen molar-refractivity contribution in [3.8, 4) is 0 Å². The van der Waals surface area contributed by atoms with Crippen molar-refractivity contribution in [2.75, 3.05) is 4.90 Å². The first kappa shape index (κ1) is 21.0. The average molecular weight is 509 g/mol. The van der Waals surface area contributed by atoms with Crippen molar-refractivity contribution in [1.82, 2.24) is 0 Å². The van der Waals surface area contributed by atoms with Crippen LogP contribution in [-0.2, 0) is 0 Å². The Morgan fingerprint density at radius 3 is 2.28 bits per heavy atom. The molecule has 32 heavy (non-hydrogen) atoms. The van der Waals surface area contributed by atoms with Crippen molar-refractivity contribution in [1.29, 1.82) is 0 Å². The Kier molecular flexibility index (Phi) is 4.99. The smallest absolute Gasteiger partial charge is 0.295 e. The van der Waals surface area contributed by atoms with Crippen LogP contribution in [0.25, 0.3) is 11.0 Å². The molecule has 5 rings (SSSR count). The van der Waals surface area contributed by atoms with E-state index in [0.29, 0.717) is 27.2 Å². The second kappa shape index (κ2) is 7.61. The standard InChI is InChI=1S/C26H19BrClNO3/c1-13-4-9-18(12-20(13)28)29-23(16-5-7-17(27)8-6-16)22-24(30)19-10-14(2)15(3)11-21(19)32-25(22)26(29)31/h4-12,23H,1-3H3. The minimum atomic E-state index is -0.619. The average Bonchev–Trinajstić information content (AvgIpc) is 3.05. The molecule has 1 aliphatic heterocycles. The molecule has 1 atom stereocenters. The number of aryl methyl sites for hydroxylation is 3. The van der Waals surface area contributed by atoms with Crippen LogP contribution < -0.4 is 10.3 Å². The first-order valence-electron chi connectivity index (χ1n) is 10.2. The largest absolute Gasteiger partial charge is 0.450 e. The molecule has 0 N–H and O–H groups in total. The van der Waals surface area contributed by atoms with E-state index in [1.165, 1.54) is 0 Å². The lowest BCUT2D eigenvalue weighted by Gasteiger charge is -2.25. The number of carbonyl (C=O) groups is 1. The predicted molar refractivity (Wildman–Crippen MR) is 131 cm³/mol. The van der Waals surface area contributed by atoms with E-state index in [2.05, 4.69) is 15.9 Å². The second-order valence-electron chi connectivity index (χ2n) is 8.17. The lowest BCUT2D eigenvalue weighted by Crippen LogP contribution is -2.29. The van der Waals surface area contributed by atoms with Crippen LogP contribution in [0.4, 0.5) is 5.69 Å². The monoisotopic (exact) mass is 507 g/mol. The van der Waals surface area contributed by atoms with Crippen molar-refractivity contribution in [2.24, 2.45) is 0 Å². The van der Waals surface area contributed by atoms with Crippen molar-refractivity contribution in [3.63, 3.8) is 0 Å². The third kappa shape index (κ3) is 3.19. The van der Waals surface area contributed by atoms with E-state index in [4.69, 9.17) is 16.0 Å². The molecule has 1 aromatic heterocycles. The number of hydrogen-bond acceptors (Lipinski definition) is 3. The third-order valence-corrected chi connectivity index (χ3v) is 7.04. The number of hydrogen-bond donors (Lipinski definition) is 0. The van der Waals surface area contributed by atoms with E-state index in [9.17, 15) is 9.59 Å². The van der Waals surface area contributed by atoms with Crippen LogP contribution in [0.5, 0.6) is 0 Å². The van der Waals surface area contributed by atoms with E-state index in [1.54, 1.807) is 11.0 Å². The van der Waals surface area contributed by atoms with Gasteiger partial charge >= 0.3 is 0 Å². The van der Waals surface area contributed by atoms with Crippen LogP contribution in [0, 0.1) is 20.8 Å². The summed E-state index contributed by atoms with van der Waals surface area (Å²) in [6.45, 7) is 5.82. The molecule has 1 unspecified atom stereocenters. The van der Waals surface area contributed by atoms with Gasteiger partial charge in [-0.25, -0.2) is 0 Å². The lowest BCUT2D eigenvalue weighted by molar-refractivity contribution is 0.0971. The molecule has 4 aromatic rings. The van der Waals surface area contributed by atoms with Crippen molar-refractivity contribution in [2.45, 2.75) is 26.8 Å². The molecule has 0 saturated heterocycles. The fraction of sp³-hybridized carbons (Fsp3) is 0.154. The van der Waals surface area contributed by atoms with Gasteiger partial charge in [0.1, 0.15) is 5.58 Å². The van der Waals surface area contributed by atoms with Gasteiger partial charge in [0.2, 0.25) is 5.76 Å². The first-order valence-corrected chi connectivity index (χ1v) is 11.4. The normalized spacial score (nSPS) is 15.5. The van der Waals surface area contributed by atoms with Gasteiger partial charge in [0.15, 0.2) is 5.43 Å². The molecular formula is C26H19BrClNO3. The summed E-state index contributed by atoms with van der Waals surface area (Å²) in [6.07, 6.45) is 0.